The third-order valence-electron chi connectivity index (χ3n) is 2.88. The van der Waals surface area contributed by atoms with Gasteiger partial charge < -0.3 is 0 Å². The minimum absolute atomic E-state index is 0.254. The minimum Gasteiger partial charge on any atom is -0.257 e. The van der Waals surface area contributed by atoms with Crippen molar-refractivity contribution >= 4 is 12.6 Å². The molecule has 1 aromatic carbocycles. The van der Waals surface area contributed by atoms with E-state index in [2.05, 4.69) is 55.0 Å². The first kappa shape index (κ1) is 10.1. The lowest BCUT2D eigenvalue weighted by Crippen LogP contribution is -2.18. The largest absolute Gasteiger partial charge is 0.257 e. The van der Waals surface area contributed by atoms with Gasteiger partial charge in [-0.05, 0) is 24.0 Å². The van der Waals surface area contributed by atoms with Crippen molar-refractivity contribution in [1.29, 1.82) is 0 Å². The van der Waals surface area contributed by atoms with Gasteiger partial charge in [0.05, 0.1) is 0 Å². The van der Waals surface area contributed by atoms with Gasteiger partial charge in [-0.3, -0.25) is 4.99 Å². The second-order valence-electron chi connectivity index (χ2n) is 4.45. The van der Waals surface area contributed by atoms with Crippen molar-refractivity contribution in [3.63, 3.8) is 0 Å². The van der Waals surface area contributed by atoms with Crippen molar-refractivity contribution in [3.05, 3.63) is 35.4 Å². The first-order chi connectivity index (χ1) is 7.12. The molecule has 2 rings (SSSR count). The van der Waals surface area contributed by atoms with E-state index in [4.69, 9.17) is 0 Å². The first-order valence-electron chi connectivity index (χ1n) is 5.30. The topological polar surface area (TPSA) is 24.7 Å². The summed E-state index contributed by atoms with van der Waals surface area (Å²) in [4.78, 5) is 8.42. The molecule has 1 atom stereocenters. The molecule has 2 nitrogen and oxygen atoms in total. The summed E-state index contributed by atoms with van der Waals surface area (Å²) < 4.78 is 0. The van der Waals surface area contributed by atoms with Crippen molar-refractivity contribution < 1.29 is 0 Å². The van der Waals surface area contributed by atoms with Gasteiger partial charge in [0.25, 0.3) is 0 Å². The fourth-order valence-electron chi connectivity index (χ4n) is 1.72. The summed E-state index contributed by atoms with van der Waals surface area (Å²) in [5.41, 5.74) is 2.31. The van der Waals surface area contributed by atoms with E-state index in [1.54, 1.807) is 6.34 Å². The van der Waals surface area contributed by atoms with Crippen LogP contribution in [0.4, 0.5) is 0 Å². The van der Waals surface area contributed by atoms with Crippen LogP contribution in [0.2, 0.25) is 0 Å². The lowest BCUT2D eigenvalue weighted by Gasteiger charge is -2.18. The maximum absolute atomic E-state index is 4.37. The van der Waals surface area contributed by atoms with E-state index >= 15 is 0 Å². The Balaban J connectivity index is 2.31. The van der Waals surface area contributed by atoms with Gasteiger partial charge in [0.1, 0.15) is 11.9 Å². The molecule has 78 valence electrons. The molecule has 1 unspecified atom stereocenters. The minimum atomic E-state index is -0.254. The molecule has 0 amide bonds. The monoisotopic (exact) mass is 200 g/mol. The number of rotatable bonds is 2. The van der Waals surface area contributed by atoms with E-state index in [1.807, 2.05) is 6.21 Å². The van der Waals surface area contributed by atoms with Crippen LogP contribution in [0, 0.1) is 0 Å². The highest BCUT2D eigenvalue weighted by molar-refractivity contribution is 5.86. The third kappa shape index (κ3) is 1.84. The van der Waals surface area contributed by atoms with Crippen LogP contribution in [0.5, 0.6) is 0 Å². The zero-order valence-electron chi connectivity index (χ0n) is 9.44. The molecule has 0 N–H and O–H groups in total. The smallest absolute Gasteiger partial charge is 0.120 e. The van der Waals surface area contributed by atoms with Crippen LogP contribution in [0.3, 0.4) is 0 Å². The molecule has 0 radical (unpaired) electrons. The van der Waals surface area contributed by atoms with Crippen LogP contribution in [-0.2, 0) is 5.54 Å². The number of aliphatic imine (C=N–C) groups is 2. The van der Waals surface area contributed by atoms with Crippen LogP contribution in [-0.4, -0.2) is 12.6 Å². The molecule has 15 heavy (non-hydrogen) atoms. The fourth-order valence-corrected chi connectivity index (χ4v) is 1.72. The van der Waals surface area contributed by atoms with Gasteiger partial charge in [0.15, 0.2) is 0 Å². The summed E-state index contributed by atoms with van der Waals surface area (Å²) in [5, 5.41) is 0. The van der Waals surface area contributed by atoms with E-state index in [-0.39, 0.29) is 5.54 Å². The highest BCUT2D eigenvalue weighted by Crippen LogP contribution is 2.27. The Hall–Kier alpha value is -1.44. The van der Waals surface area contributed by atoms with Crippen molar-refractivity contribution in [1.82, 2.24) is 0 Å². The van der Waals surface area contributed by atoms with E-state index < -0.39 is 0 Å². The lowest BCUT2D eigenvalue weighted by molar-refractivity contribution is 0.709. The molecule has 1 aliphatic rings. The molecular weight excluding hydrogens is 184 g/mol. The number of hydrogen-bond donors (Lipinski definition) is 0. The molecule has 0 saturated carbocycles. The Bertz CT molecular complexity index is 387. The molecular formula is C13H16N2. The molecule has 0 aliphatic carbocycles. The molecule has 1 aromatic rings. The zero-order valence-corrected chi connectivity index (χ0v) is 9.44. The van der Waals surface area contributed by atoms with E-state index in [9.17, 15) is 0 Å². The van der Waals surface area contributed by atoms with Crippen molar-refractivity contribution in [2.75, 3.05) is 0 Å². The summed E-state index contributed by atoms with van der Waals surface area (Å²) in [6.45, 7) is 6.47. The molecule has 0 bridgehead atoms. The van der Waals surface area contributed by atoms with Gasteiger partial charge >= 0.3 is 0 Å². The van der Waals surface area contributed by atoms with E-state index in [0.29, 0.717) is 5.92 Å². The normalized spacial score (nSPS) is 24.0. The molecule has 0 aromatic heterocycles. The summed E-state index contributed by atoms with van der Waals surface area (Å²) in [6, 6.07) is 8.63. The summed E-state index contributed by atoms with van der Waals surface area (Å²) in [5.74, 6) is 0.576. The number of benzene rings is 1. The van der Waals surface area contributed by atoms with Gasteiger partial charge in [-0.2, -0.15) is 0 Å². The van der Waals surface area contributed by atoms with Crippen molar-refractivity contribution in [3.8, 4) is 0 Å². The number of hydrogen-bond acceptors (Lipinski definition) is 2. The fraction of sp³-hybridized carbons (Fsp3) is 0.385. The Kier molecular flexibility index (Phi) is 2.43. The molecule has 1 heterocycles. The Morgan fingerprint density at radius 3 is 2.27 bits per heavy atom. The average molecular weight is 200 g/mol. The second-order valence-corrected chi connectivity index (χ2v) is 4.45. The predicted octanol–water partition coefficient (Wildman–Crippen LogP) is 3.14. The molecule has 1 aliphatic heterocycles. The predicted molar refractivity (Wildman–Crippen MR) is 64.9 cm³/mol. The Morgan fingerprint density at radius 2 is 1.80 bits per heavy atom. The van der Waals surface area contributed by atoms with Gasteiger partial charge in [-0.15, -0.1) is 0 Å². The van der Waals surface area contributed by atoms with Crippen LogP contribution in [0.15, 0.2) is 34.3 Å². The quantitative estimate of drug-likeness (QED) is 0.700. The molecule has 0 spiro atoms. The highest BCUT2D eigenvalue weighted by Gasteiger charge is 2.24. The van der Waals surface area contributed by atoms with Gasteiger partial charge in [-0.1, -0.05) is 38.1 Å². The van der Waals surface area contributed by atoms with Crippen LogP contribution >= 0.6 is 0 Å². The second kappa shape index (κ2) is 3.61. The third-order valence-corrected chi connectivity index (χ3v) is 2.88. The van der Waals surface area contributed by atoms with E-state index in [1.165, 1.54) is 11.1 Å². The maximum atomic E-state index is 4.37. The molecule has 0 fully saturated rings. The Labute approximate surface area is 90.8 Å². The van der Waals surface area contributed by atoms with Crippen molar-refractivity contribution in [2.24, 2.45) is 9.98 Å². The van der Waals surface area contributed by atoms with Gasteiger partial charge in [-0.25, -0.2) is 4.99 Å². The van der Waals surface area contributed by atoms with Crippen LogP contribution in [0.25, 0.3) is 0 Å². The summed E-state index contributed by atoms with van der Waals surface area (Å²) >= 11 is 0. The zero-order chi connectivity index (χ0) is 10.9. The van der Waals surface area contributed by atoms with Crippen LogP contribution < -0.4 is 0 Å². The lowest BCUT2D eigenvalue weighted by atomic mass is 9.92. The first-order valence-corrected chi connectivity index (χ1v) is 5.30. The molecule has 0 saturated heterocycles. The summed E-state index contributed by atoms with van der Waals surface area (Å²) in [7, 11) is 0. The summed E-state index contributed by atoms with van der Waals surface area (Å²) in [6.07, 6.45) is 3.51. The number of nitrogens with zero attached hydrogens (tertiary/aromatic N) is 2. The maximum Gasteiger partial charge on any atom is 0.120 e. The van der Waals surface area contributed by atoms with Gasteiger partial charge in [0, 0.05) is 6.21 Å². The van der Waals surface area contributed by atoms with E-state index in [0.717, 1.165) is 0 Å². The Morgan fingerprint density at radius 1 is 1.13 bits per heavy atom. The van der Waals surface area contributed by atoms with Gasteiger partial charge in [0.2, 0.25) is 0 Å². The average Bonchev–Trinajstić information content (AvgIpc) is 2.67. The molecule has 2 heteroatoms. The highest BCUT2D eigenvalue weighted by atomic mass is 15.0. The van der Waals surface area contributed by atoms with Crippen molar-refractivity contribution in [2.45, 2.75) is 32.2 Å². The SMILES string of the molecule is CC(C)c1ccc(C2(C)C=NC=N2)cc1. The standard InChI is InChI=1S/C13H16N2/c1-10(2)11-4-6-12(7-5-11)13(3)8-14-9-15-13/h4-10H,1-3H3. The van der Waals surface area contributed by atoms with Crippen LogP contribution in [0.1, 0.15) is 37.8 Å².